The second-order valence-electron chi connectivity index (χ2n) is 6.39. The number of hydrogen-bond acceptors (Lipinski definition) is 3. The maximum Gasteiger partial charge on any atom is 0.245 e. The van der Waals surface area contributed by atoms with Crippen LogP contribution in [-0.4, -0.2) is 28.8 Å². The first-order valence-corrected chi connectivity index (χ1v) is 8.90. The fraction of sp³-hybridized carbons (Fsp3) is 0.200. The van der Waals surface area contributed by atoms with Gasteiger partial charge in [-0.05, 0) is 30.2 Å². The number of carbonyl (C=O) groups excluding carboxylic acids is 1. The van der Waals surface area contributed by atoms with Gasteiger partial charge in [-0.1, -0.05) is 41.9 Å². The number of anilines is 2. The number of rotatable bonds is 4. The van der Waals surface area contributed by atoms with Crippen molar-refractivity contribution in [1.29, 1.82) is 0 Å². The van der Waals surface area contributed by atoms with Crippen molar-refractivity contribution >= 4 is 29.0 Å². The lowest BCUT2D eigenvalue weighted by atomic mass is 10.1. The van der Waals surface area contributed by atoms with Crippen molar-refractivity contribution in [3.63, 3.8) is 0 Å². The van der Waals surface area contributed by atoms with Crippen LogP contribution in [-0.2, 0) is 18.3 Å². The van der Waals surface area contributed by atoms with Gasteiger partial charge in [0.2, 0.25) is 5.91 Å². The molecule has 0 saturated heterocycles. The minimum absolute atomic E-state index is 0.0487. The van der Waals surface area contributed by atoms with Crippen LogP contribution in [0.15, 0.2) is 54.6 Å². The molecule has 0 unspecified atom stereocenters. The van der Waals surface area contributed by atoms with Gasteiger partial charge in [-0.25, -0.2) is 0 Å². The Morgan fingerprint density at radius 3 is 2.77 bits per heavy atom. The highest BCUT2D eigenvalue weighted by Gasteiger charge is 2.21. The molecular formula is C20H19ClN4O. The van der Waals surface area contributed by atoms with Crippen molar-refractivity contribution < 1.29 is 4.79 Å². The monoisotopic (exact) mass is 366 g/mol. The van der Waals surface area contributed by atoms with Gasteiger partial charge in [-0.15, -0.1) is 0 Å². The maximum atomic E-state index is 12.5. The molecule has 0 aliphatic carbocycles. The molecule has 1 N–H and O–H groups in total. The van der Waals surface area contributed by atoms with Gasteiger partial charge in [0.05, 0.1) is 12.2 Å². The van der Waals surface area contributed by atoms with E-state index in [1.54, 1.807) is 4.68 Å². The largest absolute Gasteiger partial charge is 0.362 e. The zero-order chi connectivity index (χ0) is 18.1. The number of hydrogen-bond donors (Lipinski definition) is 1. The van der Waals surface area contributed by atoms with Gasteiger partial charge in [0.25, 0.3) is 0 Å². The molecule has 3 aromatic rings. The third-order valence-electron chi connectivity index (χ3n) is 4.61. The molecule has 0 spiro atoms. The topological polar surface area (TPSA) is 50.2 Å². The highest BCUT2D eigenvalue weighted by Crippen LogP contribution is 2.27. The molecule has 0 atom stereocenters. The number of halogens is 1. The van der Waals surface area contributed by atoms with Crippen molar-refractivity contribution in [3.05, 3.63) is 65.2 Å². The summed E-state index contributed by atoms with van der Waals surface area (Å²) in [5.41, 5.74) is 4.20. The van der Waals surface area contributed by atoms with Gasteiger partial charge in [0.15, 0.2) is 0 Å². The second kappa shape index (κ2) is 6.84. The number of aryl methyl sites for hydroxylation is 1. The van der Waals surface area contributed by atoms with E-state index >= 15 is 0 Å². The number of fused-ring (bicyclic) bond motifs is 1. The summed E-state index contributed by atoms with van der Waals surface area (Å²) in [6, 6.07) is 17.6. The molecule has 6 heteroatoms. The Morgan fingerprint density at radius 2 is 1.96 bits per heavy atom. The van der Waals surface area contributed by atoms with E-state index in [9.17, 15) is 4.79 Å². The number of para-hydroxylation sites is 1. The predicted octanol–water partition coefficient (Wildman–Crippen LogP) is 3.74. The molecule has 132 valence electrons. The smallest absolute Gasteiger partial charge is 0.245 e. The lowest BCUT2D eigenvalue weighted by Crippen LogP contribution is -2.32. The summed E-state index contributed by atoms with van der Waals surface area (Å²) in [4.78, 5) is 14.6. The summed E-state index contributed by atoms with van der Waals surface area (Å²) >= 11 is 5.93. The Kier molecular flexibility index (Phi) is 4.39. The summed E-state index contributed by atoms with van der Waals surface area (Å²) < 4.78 is 1.68. The quantitative estimate of drug-likeness (QED) is 0.765. The minimum atomic E-state index is -0.0487. The molecule has 1 aliphatic rings. The molecule has 1 aromatic heterocycles. The SMILES string of the molecule is Cn1nc(-c2ccc(Cl)cc2)cc1NC(=O)CN1CCc2ccccc21. The van der Waals surface area contributed by atoms with E-state index in [4.69, 9.17) is 11.6 Å². The Labute approximate surface area is 157 Å². The van der Waals surface area contributed by atoms with Crippen molar-refractivity contribution in [2.45, 2.75) is 6.42 Å². The third-order valence-corrected chi connectivity index (χ3v) is 4.86. The Balaban J connectivity index is 1.46. The zero-order valence-corrected chi connectivity index (χ0v) is 15.2. The summed E-state index contributed by atoms with van der Waals surface area (Å²) in [6.07, 6.45) is 0.982. The van der Waals surface area contributed by atoms with E-state index in [1.165, 1.54) is 5.56 Å². The third kappa shape index (κ3) is 3.30. The fourth-order valence-corrected chi connectivity index (χ4v) is 3.40. The number of carbonyl (C=O) groups is 1. The lowest BCUT2D eigenvalue weighted by molar-refractivity contribution is -0.115. The van der Waals surface area contributed by atoms with Crippen molar-refractivity contribution in [2.24, 2.45) is 7.05 Å². The first-order valence-electron chi connectivity index (χ1n) is 8.53. The van der Waals surface area contributed by atoms with E-state index in [1.807, 2.05) is 49.5 Å². The maximum absolute atomic E-state index is 12.5. The summed E-state index contributed by atoms with van der Waals surface area (Å²) in [5, 5.41) is 8.12. The predicted molar refractivity (Wildman–Crippen MR) is 105 cm³/mol. The fourth-order valence-electron chi connectivity index (χ4n) is 3.27. The molecule has 0 radical (unpaired) electrons. The Morgan fingerprint density at radius 1 is 1.19 bits per heavy atom. The van der Waals surface area contributed by atoms with Crippen LogP contribution in [0.1, 0.15) is 5.56 Å². The average Bonchev–Trinajstić information content (AvgIpc) is 3.20. The zero-order valence-electron chi connectivity index (χ0n) is 14.4. The first kappa shape index (κ1) is 16.7. The molecule has 5 nitrogen and oxygen atoms in total. The van der Waals surface area contributed by atoms with Crippen LogP contribution in [0, 0.1) is 0 Å². The van der Waals surface area contributed by atoms with Crippen molar-refractivity contribution in [1.82, 2.24) is 9.78 Å². The summed E-state index contributed by atoms with van der Waals surface area (Å²) in [6.45, 7) is 1.20. The van der Waals surface area contributed by atoms with E-state index < -0.39 is 0 Å². The minimum Gasteiger partial charge on any atom is -0.362 e. The Bertz CT molecular complexity index is 949. The van der Waals surface area contributed by atoms with Crippen molar-refractivity contribution in [2.75, 3.05) is 23.3 Å². The molecule has 0 bridgehead atoms. The van der Waals surface area contributed by atoms with Gasteiger partial charge in [-0.2, -0.15) is 5.10 Å². The van der Waals surface area contributed by atoms with Crippen LogP contribution in [0.3, 0.4) is 0 Å². The van der Waals surface area contributed by atoms with E-state index in [0.717, 1.165) is 29.9 Å². The molecule has 2 aromatic carbocycles. The molecule has 0 saturated carbocycles. The highest BCUT2D eigenvalue weighted by molar-refractivity contribution is 6.30. The standard InChI is InChI=1S/C20H19ClN4O/c1-24-19(12-17(23-24)14-6-8-16(21)9-7-14)22-20(26)13-25-11-10-15-4-2-3-5-18(15)25/h2-9,12H,10-11,13H2,1H3,(H,22,26). The first-order chi connectivity index (χ1) is 12.6. The summed E-state index contributed by atoms with van der Waals surface area (Å²) in [5.74, 6) is 0.625. The van der Waals surface area contributed by atoms with Crippen LogP contribution in [0.25, 0.3) is 11.3 Å². The molecule has 1 amide bonds. The van der Waals surface area contributed by atoms with Crippen molar-refractivity contribution in [3.8, 4) is 11.3 Å². The molecule has 4 rings (SSSR count). The number of amides is 1. The number of aromatic nitrogens is 2. The van der Waals surface area contributed by atoms with Crippen LogP contribution < -0.4 is 10.2 Å². The molecular weight excluding hydrogens is 348 g/mol. The van der Waals surface area contributed by atoms with E-state index in [2.05, 4.69) is 27.4 Å². The van der Waals surface area contributed by atoms with Gasteiger partial charge in [0.1, 0.15) is 5.82 Å². The van der Waals surface area contributed by atoms with E-state index in [-0.39, 0.29) is 5.91 Å². The van der Waals surface area contributed by atoms with Gasteiger partial charge in [0, 0.05) is 35.9 Å². The molecule has 0 fully saturated rings. The van der Waals surface area contributed by atoms with Crippen LogP contribution in [0.5, 0.6) is 0 Å². The lowest BCUT2D eigenvalue weighted by Gasteiger charge is -2.18. The average molecular weight is 367 g/mol. The number of nitrogens with one attached hydrogen (secondary N) is 1. The van der Waals surface area contributed by atoms with Crippen LogP contribution >= 0.6 is 11.6 Å². The molecule has 26 heavy (non-hydrogen) atoms. The Hall–Kier alpha value is -2.79. The number of benzene rings is 2. The highest BCUT2D eigenvalue weighted by atomic mass is 35.5. The van der Waals surface area contributed by atoms with Gasteiger partial charge < -0.3 is 10.2 Å². The molecule has 1 aliphatic heterocycles. The van der Waals surface area contributed by atoms with Gasteiger partial charge in [-0.3, -0.25) is 9.48 Å². The van der Waals surface area contributed by atoms with Crippen LogP contribution in [0.4, 0.5) is 11.5 Å². The summed E-state index contributed by atoms with van der Waals surface area (Å²) in [7, 11) is 1.82. The molecule has 2 heterocycles. The van der Waals surface area contributed by atoms with Gasteiger partial charge >= 0.3 is 0 Å². The second-order valence-corrected chi connectivity index (χ2v) is 6.83. The number of nitrogens with zero attached hydrogens (tertiary/aromatic N) is 3. The van der Waals surface area contributed by atoms with Crippen LogP contribution in [0.2, 0.25) is 5.02 Å². The van der Waals surface area contributed by atoms with E-state index in [0.29, 0.717) is 17.4 Å². The normalized spacial score (nSPS) is 12.9.